The number of anilines is 1. The zero-order valence-corrected chi connectivity index (χ0v) is 12.4. The standard InChI is InChI=1S/C16H18N4O/c1-11(15-9-20(3)19-12(15)2)18-14-6-4-5-13(7-14)16-8-17-10-21-16/h4-11,18H,1-3H3. The molecule has 0 spiro atoms. The van der Waals surface area contributed by atoms with Gasteiger partial charge >= 0.3 is 0 Å². The van der Waals surface area contributed by atoms with Gasteiger partial charge in [-0.2, -0.15) is 5.10 Å². The van der Waals surface area contributed by atoms with Crippen LogP contribution in [0.3, 0.4) is 0 Å². The number of hydrogen-bond donors (Lipinski definition) is 1. The molecule has 0 amide bonds. The summed E-state index contributed by atoms with van der Waals surface area (Å²) in [6.07, 6.45) is 5.21. The van der Waals surface area contributed by atoms with Crippen LogP contribution in [0.1, 0.15) is 24.2 Å². The highest BCUT2D eigenvalue weighted by Crippen LogP contribution is 2.25. The van der Waals surface area contributed by atoms with Crippen LogP contribution < -0.4 is 5.32 Å². The summed E-state index contributed by atoms with van der Waals surface area (Å²) in [4.78, 5) is 3.95. The smallest absolute Gasteiger partial charge is 0.181 e. The molecule has 5 nitrogen and oxygen atoms in total. The highest BCUT2D eigenvalue weighted by Gasteiger charge is 2.12. The van der Waals surface area contributed by atoms with E-state index in [2.05, 4.69) is 28.4 Å². The van der Waals surface area contributed by atoms with E-state index >= 15 is 0 Å². The molecule has 2 aromatic heterocycles. The first-order chi connectivity index (χ1) is 10.1. The van der Waals surface area contributed by atoms with Gasteiger partial charge < -0.3 is 9.73 Å². The molecule has 0 saturated heterocycles. The lowest BCUT2D eigenvalue weighted by Crippen LogP contribution is -2.07. The van der Waals surface area contributed by atoms with Crippen LogP contribution in [0.2, 0.25) is 0 Å². The van der Waals surface area contributed by atoms with Crippen molar-refractivity contribution >= 4 is 5.69 Å². The summed E-state index contributed by atoms with van der Waals surface area (Å²) in [6.45, 7) is 4.16. The van der Waals surface area contributed by atoms with Crippen molar-refractivity contribution < 1.29 is 4.42 Å². The number of hydrogen-bond acceptors (Lipinski definition) is 4. The Hall–Kier alpha value is -2.56. The summed E-state index contributed by atoms with van der Waals surface area (Å²) in [5, 5.41) is 7.88. The minimum absolute atomic E-state index is 0.184. The molecule has 0 fully saturated rings. The number of aryl methyl sites for hydroxylation is 2. The third-order valence-electron chi connectivity index (χ3n) is 3.48. The zero-order valence-electron chi connectivity index (χ0n) is 12.4. The number of nitrogens with zero attached hydrogens (tertiary/aromatic N) is 3. The average molecular weight is 282 g/mol. The van der Waals surface area contributed by atoms with Gasteiger partial charge in [-0.3, -0.25) is 4.68 Å². The number of nitrogens with one attached hydrogen (secondary N) is 1. The van der Waals surface area contributed by atoms with Crippen LogP contribution in [0.4, 0.5) is 5.69 Å². The summed E-state index contributed by atoms with van der Waals surface area (Å²) in [5.74, 6) is 0.767. The predicted molar refractivity (Wildman–Crippen MR) is 81.9 cm³/mol. The van der Waals surface area contributed by atoms with E-state index in [1.807, 2.05) is 43.0 Å². The number of aromatic nitrogens is 3. The lowest BCUT2D eigenvalue weighted by molar-refractivity contribution is 0.572. The molecule has 0 aliphatic heterocycles. The maximum atomic E-state index is 5.33. The molecule has 1 aromatic carbocycles. The second-order valence-electron chi connectivity index (χ2n) is 5.16. The second-order valence-corrected chi connectivity index (χ2v) is 5.16. The van der Waals surface area contributed by atoms with Crippen molar-refractivity contribution in [3.8, 4) is 11.3 Å². The van der Waals surface area contributed by atoms with E-state index in [0.717, 1.165) is 22.7 Å². The second kappa shape index (κ2) is 5.44. The van der Waals surface area contributed by atoms with E-state index < -0.39 is 0 Å². The molecule has 21 heavy (non-hydrogen) atoms. The van der Waals surface area contributed by atoms with Gasteiger partial charge in [-0.15, -0.1) is 0 Å². The van der Waals surface area contributed by atoms with Gasteiger partial charge in [-0.05, 0) is 26.0 Å². The molecule has 0 saturated carbocycles. The van der Waals surface area contributed by atoms with Crippen LogP contribution in [0.5, 0.6) is 0 Å². The van der Waals surface area contributed by atoms with E-state index in [1.54, 1.807) is 6.20 Å². The Bertz CT molecular complexity index is 731. The average Bonchev–Trinajstić information content (AvgIpc) is 3.08. The SMILES string of the molecule is Cc1nn(C)cc1C(C)Nc1cccc(-c2cnco2)c1. The molecule has 3 aromatic rings. The third-order valence-corrected chi connectivity index (χ3v) is 3.48. The van der Waals surface area contributed by atoms with Gasteiger partial charge in [0.1, 0.15) is 0 Å². The van der Waals surface area contributed by atoms with Crippen molar-refractivity contribution in [1.82, 2.24) is 14.8 Å². The van der Waals surface area contributed by atoms with Crippen LogP contribution in [0.15, 0.2) is 47.5 Å². The van der Waals surface area contributed by atoms with Crippen molar-refractivity contribution in [2.45, 2.75) is 19.9 Å². The minimum atomic E-state index is 0.184. The van der Waals surface area contributed by atoms with E-state index in [1.165, 1.54) is 12.0 Å². The number of benzene rings is 1. The van der Waals surface area contributed by atoms with Crippen molar-refractivity contribution in [1.29, 1.82) is 0 Å². The molecule has 0 radical (unpaired) electrons. The summed E-state index contributed by atoms with van der Waals surface area (Å²) in [6, 6.07) is 8.29. The first-order valence-corrected chi connectivity index (χ1v) is 6.89. The van der Waals surface area contributed by atoms with Gasteiger partial charge in [0.25, 0.3) is 0 Å². The maximum absolute atomic E-state index is 5.33. The lowest BCUT2D eigenvalue weighted by atomic mass is 10.1. The van der Waals surface area contributed by atoms with Gasteiger partial charge in [0.15, 0.2) is 12.2 Å². The lowest BCUT2D eigenvalue weighted by Gasteiger charge is -2.15. The van der Waals surface area contributed by atoms with E-state index in [0.29, 0.717) is 0 Å². The van der Waals surface area contributed by atoms with Crippen LogP contribution >= 0.6 is 0 Å². The minimum Gasteiger partial charge on any atom is -0.444 e. The van der Waals surface area contributed by atoms with Crippen LogP contribution in [0.25, 0.3) is 11.3 Å². The normalized spacial score (nSPS) is 12.3. The molecule has 5 heteroatoms. The Morgan fingerprint density at radius 3 is 2.86 bits per heavy atom. The molecule has 1 N–H and O–H groups in total. The van der Waals surface area contributed by atoms with E-state index in [9.17, 15) is 0 Å². The molecular weight excluding hydrogens is 264 g/mol. The highest BCUT2D eigenvalue weighted by atomic mass is 16.3. The summed E-state index contributed by atoms with van der Waals surface area (Å²) in [5.41, 5.74) is 4.29. The fourth-order valence-electron chi connectivity index (χ4n) is 2.49. The molecule has 1 unspecified atom stereocenters. The summed E-state index contributed by atoms with van der Waals surface area (Å²) in [7, 11) is 1.94. The van der Waals surface area contributed by atoms with Gasteiger partial charge in [0.2, 0.25) is 0 Å². The quantitative estimate of drug-likeness (QED) is 0.795. The molecular formula is C16H18N4O. The van der Waals surface area contributed by atoms with Crippen LogP contribution in [-0.4, -0.2) is 14.8 Å². The van der Waals surface area contributed by atoms with Crippen molar-refractivity contribution in [3.63, 3.8) is 0 Å². The fraction of sp³-hybridized carbons (Fsp3) is 0.250. The number of oxazole rings is 1. The zero-order chi connectivity index (χ0) is 14.8. The van der Waals surface area contributed by atoms with Gasteiger partial charge in [0.05, 0.1) is 17.9 Å². The summed E-state index contributed by atoms with van der Waals surface area (Å²) < 4.78 is 7.18. The third kappa shape index (κ3) is 2.81. The maximum Gasteiger partial charge on any atom is 0.181 e. The Balaban J connectivity index is 1.82. The molecule has 2 heterocycles. The van der Waals surface area contributed by atoms with E-state index in [-0.39, 0.29) is 6.04 Å². The molecule has 0 aliphatic rings. The Kier molecular flexibility index (Phi) is 3.48. The molecule has 108 valence electrons. The Morgan fingerprint density at radius 2 is 2.19 bits per heavy atom. The van der Waals surface area contributed by atoms with Gasteiger partial charge in [-0.1, -0.05) is 12.1 Å². The van der Waals surface area contributed by atoms with Crippen molar-refractivity contribution in [2.24, 2.45) is 7.05 Å². The summed E-state index contributed by atoms with van der Waals surface area (Å²) >= 11 is 0. The van der Waals surface area contributed by atoms with Gasteiger partial charge in [-0.25, -0.2) is 4.98 Å². The van der Waals surface area contributed by atoms with E-state index in [4.69, 9.17) is 4.42 Å². The molecule has 1 atom stereocenters. The van der Waals surface area contributed by atoms with Crippen molar-refractivity contribution in [2.75, 3.05) is 5.32 Å². The van der Waals surface area contributed by atoms with Crippen LogP contribution in [0, 0.1) is 6.92 Å². The highest BCUT2D eigenvalue weighted by molar-refractivity contribution is 5.63. The molecule has 0 bridgehead atoms. The topological polar surface area (TPSA) is 55.9 Å². The van der Waals surface area contributed by atoms with Crippen LogP contribution in [-0.2, 0) is 7.05 Å². The Morgan fingerprint density at radius 1 is 1.33 bits per heavy atom. The van der Waals surface area contributed by atoms with Gasteiger partial charge in [0, 0.05) is 30.1 Å². The molecule has 0 aliphatic carbocycles. The Labute approximate surface area is 123 Å². The molecule has 3 rings (SSSR count). The number of rotatable bonds is 4. The first-order valence-electron chi connectivity index (χ1n) is 6.89. The first kappa shape index (κ1) is 13.4. The van der Waals surface area contributed by atoms with Crippen molar-refractivity contribution in [3.05, 3.63) is 54.3 Å². The largest absolute Gasteiger partial charge is 0.444 e. The monoisotopic (exact) mass is 282 g/mol. The fourth-order valence-corrected chi connectivity index (χ4v) is 2.49. The predicted octanol–water partition coefficient (Wildman–Crippen LogP) is 3.56.